The van der Waals surface area contributed by atoms with Crippen LogP contribution in [0.15, 0.2) is 0 Å². The van der Waals surface area contributed by atoms with Crippen molar-refractivity contribution in [1.29, 1.82) is 0 Å². The van der Waals surface area contributed by atoms with Gasteiger partial charge in [0.15, 0.2) is 0 Å². The Morgan fingerprint density at radius 1 is 1.13 bits per heavy atom. The molecule has 0 unspecified atom stereocenters. The second-order valence-corrected chi connectivity index (χ2v) is 9.41. The highest BCUT2D eigenvalue weighted by atomic mass is 16.5. The van der Waals surface area contributed by atoms with E-state index in [4.69, 9.17) is 4.74 Å². The van der Waals surface area contributed by atoms with Crippen molar-refractivity contribution in [3.8, 4) is 0 Å². The second-order valence-electron chi connectivity index (χ2n) is 9.41. The zero-order valence-electron chi connectivity index (χ0n) is 15.8. The van der Waals surface area contributed by atoms with Gasteiger partial charge in [-0.2, -0.15) is 0 Å². The lowest BCUT2D eigenvalue weighted by Crippen LogP contribution is -2.48. The van der Waals surface area contributed by atoms with E-state index in [-0.39, 0.29) is 6.10 Å². The number of aliphatic hydroxyl groups excluding tert-OH is 1. The molecule has 3 heteroatoms. The van der Waals surface area contributed by atoms with E-state index < -0.39 is 0 Å². The molecule has 3 rings (SSSR count). The minimum absolute atomic E-state index is 0.295. The average Bonchev–Trinajstić information content (AvgIpc) is 2.82. The molecule has 3 aliphatic rings. The molecule has 1 saturated heterocycles. The van der Waals surface area contributed by atoms with Crippen molar-refractivity contribution in [2.24, 2.45) is 16.7 Å². The second kappa shape index (κ2) is 6.31. The third-order valence-corrected chi connectivity index (χ3v) is 8.00. The summed E-state index contributed by atoms with van der Waals surface area (Å²) < 4.78 is 6.27. The lowest BCUT2D eigenvalue weighted by atomic mass is 9.70. The Morgan fingerprint density at radius 2 is 1.78 bits per heavy atom. The highest BCUT2D eigenvalue weighted by molar-refractivity contribution is 5.11. The number of nitrogens with zero attached hydrogens (tertiary/aromatic N) is 1. The number of rotatable bonds is 5. The Balaban J connectivity index is 1.51. The minimum atomic E-state index is -0.358. The molecule has 0 amide bonds. The maximum atomic E-state index is 10.5. The van der Waals surface area contributed by atoms with E-state index in [0.717, 1.165) is 12.5 Å². The third kappa shape index (κ3) is 2.98. The molecule has 6 atom stereocenters. The molecule has 0 spiro atoms. The molecule has 3 nitrogen and oxygen atoms in total. The fourth-order valence-electron chi connectivity index (χ4n) is 5.74. The van der Waals surface area contributed by atoms with Crippen LogP contribution in [-0.4, -0.2) is 47.4 Å². The minimum Gasteiger partial charge on any atom is -0.389 e. The first-order chi connectivity index (χ1) is 10.8. The van der Waals surface area contributed by atoms with Crippen molar-refractivity contribution in [2.75, 3.05) is 13.2 Å². The van der Waals surface area contributed by atoms with Crippen LogP contribution in [0.25, 0.3) is 0 Å². The van der Waals surface area contributed by atoms with Crippen molar-refractivity contribution < 1.29 is 9.84 Å². The van der Waals surface area contributed by atoms with Crippen molar-refractivity contribution in [1.82, 2.24) is 4.90 Å². The van der Waals surface area contributed by atoms with Gasteiger partial charge in [0.2, 0.25) is 0 Å². The molecular formula is C20H37NO2. The van der Waals surface area contributed by atoms with Gasteiger partial charge in [0.1, 0.15) is 0 Å². The first-order valence-corrected chi connectivity index (χ1v) is 9.81. The molecular weight excluding hydrogens is 286 g/mol. The third-order valence-electron chi connectivity index (χ3n) is 8.00. The fourth-order valence-corrected chi connectivity index (χ4v) is 5.74. The van der Waals surface area contributed by atoms with E-state index in [2.05, 4.69) is 39.5 Å². The molecule has 2 saturated carbocycles. The summed E-state index contributed by atoms with van der Waals surface area (Å²) >= 11 is 0. The molecule has 0 aromatic carbocycles. The van der Waals surface area contributed by atoms with Crippen LogP contribution in [0, 0.1) is 16.7 Å². The maximum absolute atomic E-state index is 10.5. The Hall–Kier alpha value is -0.120. The van der Waals surface area contributed by atoms with Crippen molar-refractivity contribution >= 4 is 0 Å². The van der Waals surface area contributed by atoms with Crippen LogP contribution in [0.4, 0.5) is 0 Å². The molecule has 2 aliphatic carbocycles. The molecule has 1 heterocycles. The van der Waals surface area contributed by atoms with Crippen molar-refractivity contribution in [2.45, 2.75) is 97.4 Å². The SMILES string of the molecule is C[C@@H]1CCC[C@H](C)N1C[C@@H](O)CO[C@H]1C[C@H]2CC[C@@]1(C)C2(C)C. The Labute approximate surface area is 142 Å². The Morgan fingerprint density at radius 3 is 2.30 bits per heavy atom. The van der Waals surface area contributed by atoms with E-state index in [0.29, 0.717) is 35.6 Å². The van der Waals surface area contributed by atoms with E-state index in [9.17, 15) is 5.11 Å². The number of fused-ring (bicyclic) bond motifs is 2. The summed E-state index contributed by atoms with van der Waals surface area (Å²) in [6.07, 6.45) is 7.64. The van der Waals surface area contributed by atoms with E-state index in [1.807, 2.05) is 0 Å². The summed E-state index contributed by atoms with van der Waals surface area (Å²) in [5.41, 5.74) is 0.682. The molecule has 1 N–H and O–H groups in total. The first kappa shape index (κ1) is 17.7. The van der Waals surface area contributed by atoms with Gasteiger partial charge in [-0.25, -0.2) is 0 Å². The lowest BCUT2D eigenvalue weighted by Gasteiger charge is -2.41. The summed E-state index contributed by atoms with van der Waals surface area (Å²) in [5, 5.41) is 10.5. The molecule has 3 fully saturated rings. The molecule has 134 valence electrons. The van der Waals surface area contributed by atoms with Crippen LogP contribution in [0.5, 0.6) is 0 Å². The largest absolute Gasteiger partial charge is 0.389 e. The predicted octanol–water partition coefficient (Wildman–Crippen LogP) is 3.84. The number of likely N-dealkylation sites (tertiary alicyclic amines) is 1. The number of hydrogen-bond acceptors (Lipinski definition) is 3. The van der Waals surface area contributed by atoms with Crippen LogP contribution in [0.2, 0.25) is 0 Å². The number of piperidine rings is 1. The number of β-amino-alcohol motifs (C(OH)–C–C–N with tert-alkyl or cyclic N) is 1. The summed E-state index contributed by atoms with van der Waals surface area (Å²) in [6, 6.07) is 1.18. The van der Waals surface area contributed by atoms with E-state index >= 15 is 0 Å². The summed E-state index contributed by atoms with van der Waals surface area (Å²) in [5.74, 6) is 0.803. The molecule has 0 aromatic rings. The molecule has 2 bridgehead atoms. The van der Waals surface area contributed by atoms with Crippen LogP contribution in [0.3, 0.4) is 0 Å². The number of ether oxygens (including phenoxy) is 1. The highest BCUT2D eigenvalue weighted by Gasteiger charge is 2.61. The van der Waals surface area contributed by atoms with Gasteiger partial charge in [-0.05, 0) is 62.7 Å². The van der Waals surface area contributed by atoms with Crippen molar-refractivity contribution in [3.63, 3.8) is 0 Å². The topological polar surface area (TPSA) is 32.7 Å². The standard InChI is InChI=1S/C20H37NO2/c1-14-7-6-8-15(2)21(14)12-17(22)13-23-18-11-16-9-10-20(18,5)19(16,3)4/h14-18,22H,6-13H2,1-5H3/t14-,15+,16-,17-,18+,20-/m1/s1. The van der Waals surface area contributed by atoms with Gasteiger partial charge in [-0.15, -0.1) is 0 Å². The monoisotopic (exact) mass is 323 g/mol. The van der Waals surface area contributed by atoms with Gasteiger partial charge >= 0.3 is 0 Å². The molecule has 0 radical (unpaired) electrons. The summed E-state index contributed by atoms with van der Waals surface area (Å²) in [7, 11) is 0. The normalized spacial score (nSPS) is 44.6. The van der Waals surface area contributed by atoms with Gasteiger partial charge in [0, 0.05) is 18.6 Å². The van der Waals surface area contributed by atoms with Crippen LogP contribution < -0.4 is 0 Å². The zero-order valence-corrected chi connectivity index (χ0v) is 15.8. The van der Waals surface area contributed by atoms with Crippen LogP contribution >= 0.6 is 0 Å². The Bertz CT molecular complexity index is 414. The van der Waals surface area contributed by atoms with Crippen LogP contribution in [0.1, 0.15) is 73.1 Å². The number of aliphatic hydroxyl groups is 1. The van der Waals surface area contributed by atoms with E-state index in [1.165, 1.54) is 38.5 Å². The average molecular weight is 324 g/mol. The quantitative estimate of drug-likeness (QED) is 0.834. The van der Waals surface area contributed by atoms with Gasteiger partial charge in [-0.3, -0.25) is 4.90 Å². The highest BCUT2D eigenvalue weighted by Crippen LogP contribution is 2.66. The fraction of sp³-hybridized carbons (Fsp3) is 1.00. The lowest BCUT2D eigenvalue weighted by molar-refractivity contribution is -0.0842. The first-order valence-electron chi connectivity index (χ1n) is 9.81. The van der Waals surface area contributed by atoms with E-state index in [1.54, 1.807) is 0 Å². The Kier molecular flexibility index (Phi) is 4.85. The maximum Gasteiger partial charge on any atom is 0.0900 e. The van der Waals surface area contributed by atoms with Crippen molar-refractivity contribution in [3.05, 3.63) is 0 Å². The predicted molar refractivity (Wildman–Crippen MR) is 94.5 cm³/mol. The summed E-state index contributed by atoms with van der Waals surface area (Å²) in [6.45, 7) is 13.1. The molecule has 0 aromatic heterocycles. The molecule has 23 heavy (non-hydrogen) atoms. The zero-order chi connectivity index (χ0) is 16.8. The van der Waals surface area contributed by atoms with Gasteiger partial charge in [-0.1, -0.05) is 27.2 Å². The van der Waals surface area contributed by atoms with Gasteiger partial charge < -0.3 is 9.84 Å². The molecule has 1 aliphatic heterocycles. The van der Waals surface area contributed by atoms with Gasteiger partial charge in [0.25, 0.3) is 0 Å². The smallest absolute Gasteiger partial charge is 0.0900 e. The van der Waals surface area contributed by atoms with Crippen LogP contribution in [-0.2, 0) is 4.74 Å². The summed E-state index contributed by atoms with van der Waals surface area (Å²) in [4.78, 5) is 2.48. The number of hydrogen-bond donors (Lipinski definition) is 1. The van der Waals surface area contributed by atoms with Gasteiger partial charge in [0.05, 0.1) is 18.8 Å².